The van der Waals surface area contributed by atoms with E-state index >= 15 is 0 Å². The van der Waals surface area contributed by atoms with Gasteiger partial charge in [0.15, 0.2) is 5.58 Å². The summed E-state index contributed by atoms with van der Waals surface area (Å²) in [6, 6.07) is 29.6. The molecule has 6 aromatic carbocycles. The van der Waals surface area contributed by atoms with Crippen molar-refractivity contribution in [3.8, 4) is 11.1 Å². The largest absolute Gasteiger partial charge is 0.455 e. The molecule has 0 fully saturated rings. The van der Waals surface area contributed by atoms with Crippen LogP contribution >= 0.6 is 23.2 Å². The molecule has 2 heterocycles. The number of hydrogen-bond acceptors (Lipinski definition) is 4. The number of hydrogen-bond donors (Lipinski definition) is 0. The normalized spacial score (nSPS) is 11.9. The van der Waals surface area contributed by atoms with E-state index in [1.807, 2.05) is 54.6 Å². The van der Waals surface area contributed by atoms with Gasteiger partial charge in [0.25, 0.3) is 0 Å². The van der Waals surface area contributed by atoms with Crippen LogP contribution in [0.4, 0.5) is 0 Å². The van der Waals surface area contributed by atoms with E-state index in [-0.39, 0.29) is 10.9 Å². The zero-order chi connectivity index (χ0) is 27.1. The van der Waals surface area contributed by atoms with Crippen molar-refractivity contribution < 1.29 is 8.83 Å². The molecular weight excluding hydrogens is 543 g/mol. The summed E-state index contributed by atoms with van der Waals surface area (Å²) < 4.78 is 12.5. The summed E-state index contributed by atoms with van der Waals surface area (Å²) in [4.78, 5) is 27.5. The van der Waals surface area contributed by atoms with Crippen LogP contribution in [-0.4, -0.2) is 0 Å². The van der Waals surface area contributed by atoms with E-state index in [0.717, 1.165) is 32.7 Å². The Kier molecular flexibility index (Phi) is 4.90. The Labute approximate surface area is 235 Å². The van der Waals surface area contributed by atoms with Crippen molar-refractivity contribution in [1.82, 2.24) is 0 Å². The second-order valence-corrected chi connectivity index (χ2v) is 10.7. The zero-order valence-corrected chi connectivity index (χ0v) is 22.1. The lowest BCUT2D eigenvalue weighted by Gasteiger charge is -2.12. The first kappa shape index (κ1) is 23.3. The van der Waals surface area contributed by atoms with Gasteiger partial charge in [-0.15, -0.1) is 0 Å². The van der Waals surface area contributed by atoms with Crippen molar-refractivity contribution in [3.63, 3.8) is 0 Å². The minimum atomic E-state index is -0.156. The van der Waals surface area contributed by atoms with Crippen LogP contribution in [0.5, 0.6) is 0 Å². The van der Waals surface area contributed by atoms with Gasteiger partial charge in [-0.2, -0.15) is 0 Å². The van der Waals surface area contributed by atoms with Gasteiger partial charge in [0.05, 0.1) is 26.6 Å². The second kappa shape index (κ2) is 8.43. The summed E-state index contributed by atoms with van der Waals surface area (Å²) in [6.45, 7) is 0. The first-order chi connectivity index (χ1) is 19.5. The van der Waals surface area contributed by atoms with E-state index in [1.54, 1.807) is 42.5 Å². The molecule has 0 aliphatic heterocycles. The monoisotopic (exact) mass is 558 g/mol. The average molecular weight is 559 g/mol. The standard InChI is InChI=1S/C34H16Cl2O4/c35-20-11-12-22-28(16-20)40-34-25(15-18-4-1-2-5-21(18)30(34)31(22)37)19-9-8-17-10-13-27-29(24(17)14-19)32(38)23-6-3-7-26(36)33(23)39-27/h1-16H. The predicted molar refractivity (Wildman–Crippen MR) is 164 cm³/mol. The highest BCUT2D eigenvalue weighted by Gasteiger charge is 2.18. The smallest absolute Gasteiger partial charge is 0.201 e. The summed E-state index contributed by atoms with van der Waals surface area (Å²) in [7, 11) is 0. The van der Waals surface area contributed by atoms with E-state index in [1.165, 1.54) is 0 Å². The number of halogens is 2. The third-order valence-corrected chi connectivity index (χ3v) is 8.11. The van der Waals surface area contributed by atoms with Gasteiger partial charge in [-0.3, -0.25) is 9.59 Å². The highest BCUT2D eigenvalue weighted by atomic mass is 35.5. The molecule has 0 spiro atoms. The maximum Gasteiger partial charge on any atom is 0.201 e. The molecule has 0 N–H and O–H groups in total. The first-order valence-electron chi connectivity index (χ1n) is 12.6. The van der Waals surface area contributed by atoms with Crippen LogP contribution in [0.2, 0.25) is 10.0 Å². The molecule has 0 atom stereocenters. The Bertz CT molecular complexity index is 2510. The van der Waals surface area contributed by atoms with Gasteiger partial charge >= 0.3 is 0 Å². The summed E-state index contributed by atoms with van der Waals surface area (Å²) in [5, 5.41) is 6.05. The van der Waals surface area contributed by atoms with Gasteiger partial charge in [-0.1, -0.05) is 71.7 Å². The molecule has 0 saturated carbocycles. The Morgan fingerprint density at radius 1 is 0.525 bits per heavy atom. The van der Waals surface area contributed by atoms with Gasteiger partial charge in [0.2, 0.25) is 10.9 Å². The fourth-order valence-corrected chi connectivity index (χ4v) is 6.08. The molecular formula is C34H16Cl2O4. The first-order valence-corrected chi connectivity index (χ1v) is 13.4. The lowest BCUT2D eigenvalue weighted by atomic mass is 9.94. The third-order valence-electron chi connectivity index (χ3n) is 7.57. The maximum absolute atomic E-state index is 13.8. The van der Waals surface area contributed by atoms with Crippen LogP contribution in [0, 0.1) is 0 Å². The van der Waals surface area contributed by atoms with Crippen molar-refractivity contribution in [2.75, 3.05) is 0 Å². The molecule has 40 heavy (non-hydrogen) atoms. The molecule has 0 amide bonds. The Balaban J connectivity index is 1.52. The quantitative estimate of drug-likeness (QED) is 0.148. The number of benzene rings is 6. The van der Waals surface area contributed by atoms with Crippen molar-refractivity contribution >= 4 is 88.6 Å². The van der Waals surface area contributed by atoms with Crippen LogP contribution < -0.4 is 10.9 Å². The molecule has 0 aliphatic carbocycles. The summed E-state index contributed by atoms with van der Waals surface area (Å²) in [6.07, 6.45) is 0. The number of rotatable bonds is 1. The molecule has 0 saturated heterocycles. The molecule has 8 rings (SSSR count). The van der Waals surface area contributed by atoms with Crippen LogP contribution in [-0.2, 0) is 0 Å². The van der Waals surface area contributed by atoms with Gasteiger partial charge < -0.3 is 8.83 Å². The molecule has 0 aliphatic rings. The fourth-order valence-electron chi connectivity index (χ4n) is 5.71. The van der Waals surface area contributed by atoms with Crippen molar-refractivity contribution in [2.24, 2.45) is 0 Å². The summed E-state index contributed by atoms with van der Waals surface area (Å²) in [5.74, 6) is 0. The minimum Gasteiger partial charge on any atom is -0.455 e. The molecule has 0 radical (unpaired) electrons. The highest BCUT2D eigenvalue weighted by Crippen LogP contribution is 2.38. The average Bonchev–Trinajstić information content (AvgIpc) is 2.96. The van der Waals surface area contributed by atoms with E-state index in [0.29, 0.717) is 53.9 Å². The second-order valence-electron chi connectivity index (χ2n) is 9.84. The molecule has 190 valence electrons. The predicted octanol–water partition coefficient (Wildman–Crippen LogP) is 9.49. The Morgan fingerprint density at radius 3 is 2.20 bits per heavy atom. The lowest BCUT2D eigenvalue weighted by Crippen LogP contribution is -2.04. The van der Waals surface area contributed by atoms with Crippen LogP contribution in [0.25, 0.3) is 76.5 Å². The van der Waals surface area contributed by atoms with Gasteiger partial charge in [0.1, 0.15) is 16.7 Å². The maximum atomic E-state index is 13.8. The Hall–Kier alpha value is -4.64. The number of para-hydroxylation sites is 1. The molecule has 4 nitrogen and oxygen atoms in total. The summed E-state index contributed by atoms with van der Waals surface area (Å²) in [5.41, 5.74) is 2.94. The van der Waals surface area contributed by atoms with Gasteiger partial charge in [-0.05, 0) is 69.6 Å². The van der Waals surface area contributed by atoms with Crippen molar-refractivity contribution in [2.45, 2.75) is 0 Å². The van der Waals surface area contributed by atoms with E-state index < -0.39 is 0 Å². The Morgan fingerprint density at radius 2 is 1.30 bits per heavy atom. The topological polar surface area (TPSA) is 60.4 Å². The summed E-state index contributed by atoms with van der Waals surface area (Å²) >= 11 is 12.6. The fraction of sp³-hybridized carbons (Fsp3) is 0. The molecule has 0 bridgehead atoms. The van der Waals surface area contributed by atoms with Crippen LogP contribution in [0.3, 0.4) is 0 Å². The third kappa shape index (κ3) is 3.27. The van der Waals surface area contributed by atoms with Crippen molar-refractivity contribution in [1.29, 1.82) is 0 Å². The molecule has 0 unspecified atom stereocenters. The van der Waals surface area contributed by atoms with E-state index in [4.69, 9.17) is 32.0 Å². The number of fused-ring (bicyclic) bond motifs is 8. The van der Waals surface area contributed by atoms with E-state index in [2.05, 4.69) is 0 Å². The lowest BCUT2D eigenvalue weighted by molar-refractivity contribution is 0.660. The van der Waals surface area contributed by atoms with Gasteiger partial charge in [0, 0.05) is 16.7 Å². The minimum absolute atomic E-state index is 0.124. The van der Waals surface area contributed by atoms with E-state index in [9.17, 15) is 9.59 Å². The van der Waals surface area contributed by atoms with Crippen molar-refractivity contribution in [3.05, 3.63) is 128 Å². The molecule has 2 aromatic heterocycles. The molecule has 8 aromatic rings. The zero-order valence-electron chi connectivity index (χ0n) is 20.6. The highest BCUT2D eigenvalue weighted by molar-refractivity contribution is 6.35. The molecule has 6 heteroatoms. The van der Waals surface area contributed by atoms with Crippen LogP contribution in [0.15, 0.2) is 115 Å². The van der Waals surface area contributed by atoms with Gasteiger partial charge in [-0.25, -0.2) is 0 Å². The van der Waals surface area contributed by atoms with Crippen LogP contribution in [0.1, 0.15) is 0 Å². The SMILES string of the molecule is O=c1c2cccc(Cl)c2oc2ccc3ccc(-c4cc5ccccc5c5c(=O)c6ccc(Cl)cc6oc45)cc3c12.